The second-order valence-electron chi connectivity index (χ2n) is 7.95. The number of aromatic nitrogens is 2. The van der Waals surface area contributed by atoms with Crippen molar-refractivity contribution in [1.82, 2.24) is 9.78 Å². The molecule has 5 nitrogen and oxygen atoms in total. The van der Waals surface area contributed by atoms with Gasteiger partial charge in [-0.2, -0.15) is 23.5 Å². The van der Waals surface area contributed by atoms with Crippen LogP contribution < -0.4 is 5.32 Å². The fraction of sp³-hybridized carbons (Fsp3) is 0.261. The SMILES string of the molecule is N#Cc1c(F)cc(Cn2ccc(NC(=O)Cc3ccc(C4(C(F)(F)F)CC4)cc3)n2)cc1F. The number of hydrogen-bond acceptors (Lipinski definition) is 3. The van der Waals surface area contributed by atoms with Crippen molar-refractivity contribution < 1.29 is 26.7 Å². The number of hydrogen-bond donors (Lipinski definition) is 1. The summed E-state index contributed by atoms with van der Waals surface area (Å²) < 4.78 is 68.5. The first-order valence-electron chi connectivity index (χ1n) is 9.99. The molecule has 0 bridgehead atoms. The molecular formula is C23H17F5N4O. The van der Waals surface area contributed by atoms with Crippen LogP contribution >= 0.6 is 0 Å². The predicted molar refractivity (Wildman–Crippen MR) is 108 cm³/mol. The summed E-state index contributed by atoms with van der Waals surface area (Å²) in [4.78, 5) is 12.3. The highest BCUT2D eigenvalue weighted by Gasteiger charge is 2.64. The molecule has 1 aliphatic carbocycles. The van der Waals surface area contributed by atoms with E-state index in [1.165, 1.54) is 47.3 Å². The molecule has 33 heavy (non-hydrogen) atoms. The van der Waals surface area contributed by atoms with Gasteiger partial charge in [0.2, 0.25) is 5.91 Å². The Hall–Kier alpha value is -3.74. The third-order valence-electron chi connectivity index (χ3n) is 5.63. The molecule has 0 atom stereocenters. The molecule has 1 saturated carbocycles. The summed E-state index contributed by atoms with van der Waals surface area (Å²) in [6, 6.07) is 10.9. The predicted octanol–water partition coefficient (Wildman–Crippen LogP) is 4.86. The molecule has 4 rings (SSSR count). The average Bonchev–Trinajstić information content (AvgIpc) is 3.45. The van der Waals surface area contributed by atoms with Crippen molar-refractivity contribution in [3.05, 3.63) is 82.5 Å². The van der Waals surface area contributed by atoms with Crippen LogP contribution in [0.25, 0.3) is 0 Å². The number of carbonyl (C=O) groups is 1. The van der Waals surface area contributed by atoms with Gasteiger partial charge in [-0.1, -0.05) is 24.3 Å². The Bertz CT molecular complexity index is 1210. The minimum atomic E-state index is -4.29. The van der Waals surface area contributed by atoms with Gasteiger partial charge >= 0.3 is 6.18 Å². The highest BCUT2D eigenvalue weighted by Crippen LogP contribution is 2.58. The number of amides is 1. The Morgan fingerprint density at radius 3 is 2.27 bits per heavy atom. The van der Waals surface area contributed by atoms with Gasteiger partial charge in [-0.3, -0.25) is 9.48 Å². The summed E-state index contributed by atoms with van der Waals surface area (Å²) in [7, 11) is 0. The molecule has 170 valence electrons. The molecule has 0 unspecified atom stereocenters. The number of nitriles is 1. The summed E-state index contributed by atoms with van der Waals surface area (Å²) in [5.74, 6) is -2.15. The Kier molecular flexibility index (Phi) is 5.66. The summed E-state index contributed by atoms with van der Waals surface area (Å²) in [6.45, 7) is 0.0117. The summed E-state index contributed by atoms with van der Waals surface area (Å²) in [6.07, 6.45) is -2.70. The van der Waals surface area contributed by atoms with E-state index in [0.717, 1.165) is 12.1 Å². The number of benzene rings is 2. The standard InChI is InChI=1S/C23H17F5N4O/c24-18-9-15(10-19(25)17(18)12-29)13-32-8-5-20(31-32)30-21(33)11-14-1-3-16(4-2-14)22(6-7-22)23(26,27)28/h1-5,8-10H,6-7,11,13H2,(H,30,31,33). The van der Waals surface area contributed by atoms with Crippen molar-refractivity contribution in [2.75, 3.05) is 5.32 Å². The molecule has 0 radical (unpaired) electrons. The van der Waals surface area contributed by atoms with Crippen LogP contribution in [-0.4, -0.2) is 21.9 Å². The second kappa shape index (κ2) is 8.31. The maximum atomic E-state index is 13.7. The Morgan fingerprint density at radius 2 is 1.73 bits per heavy atom. The van der Waals surface area contributed by atoms with Crippen LogP contribution in [0.2, 0.25) is 0 Å². The number of carbonyl (C=O) groups excluding carboxylic acids is 1. The maximum absolute atomic E-state index is 13.7. The van der Waals surface area contributed by atoms with Crippen LogP contribution in [0, 0.1) is 23.0 Å². The minimum absolute atomic E-state index is 0.0117. The van der Waals surface area contributed by atoms with Crippen LogP contribution in [0.1, 0.15) is 35.1 Å². The van der Waals surface area contributed by atoms with Gasteiger partial charge in [0, 0.05) is 12.3 Å². The van der Waals surface area contributed by atoms with Gasteiger partial charge in [-0.05, 0) is 41.7 Å². The molecule has 1 heterocycles. The van der Waals surface area contributed by atoms with Gasteiger partial charge in [0.1, 0.15) is 23.3 Å². The quantitative estimate of drug-likeness (QED) is 0.535. The molecule has 1 aromatic heterocycles. The molecule has 0 aliphatic heterocycles. The molecule has 1 fully saturated rings. The van der Waals surface area contributed by atoms with E-state index in [9.17, 15) is 26.7 Å². The molecule has 1 N–H and O–H groups in total. The molecule has 1 amide bonds. The van der Waals surface area contributed by atoms with E-state index in [4.69, 9.17) is 5.26 Å². The average molecular weight is 460 g/mol. The summed E-state index contributed by atoms with van der Waals surface area (Å²) in [5.41, 5.74) is -1.42. The van der Waals surface area contributed by atoms with Crippen LogP contribution in [0.5, 0.6) is 0 Å². The third kappa shape index (κ3) is 4.58. The number of alkyl halides is 3. The lowest BCUT2D eigenvalue weighted by Gasteiger charge is -2.19. The number of halogens is 5. The maximum Gasteiger partial charge on any atom is 0.398 e. The van der Waals surface area contributed by atoms with Crippen molar-refractivity contribution in [2.24, 2.45) is 0 Å². The number of anilines is 1. The van der Waals surface area contributed by atoms with Gasteiger partial charge in [-0.15, -0.1) is 0 Å². The van der Waals surface area contributed by atoms with E-state index in [-0.39, 0.29) is 42.8 Å². The lowest BCUT2D eigenvalue weighted by molar-refractivity contribution is -0.160. The summed E-state index contributed by atoms with van der Waals surface area (Å²) >= 11 is 0. The first-order valence-corrected chi connectivity index (χ1v) is 9.99. The lowest BCUT2D eigenvalue weighted by atomic mass is 9.94. The van der Waals surface area contributed by atoms with Crippen LogP contribution in [0.3, 0.4) is 0 Å². The molecule has 3 aromatic rings. The second-order valence-corrected chi connectivity index (χ2v) is 7.95. The largest absolute Gasteiger partial charge is 0.398 e. The van der Waals surface area contributed by atoms with Crippen molar-refractivity contribution in [2.45, 2.75) is 37.4 Å². The zero-order valence-electron chi connectivity index (χ0n) is 17.1. The van der Waals surface area contributed by atoms with Gasteiger partial charge in [0.05, 0.1) is 18.4 Å². The lowest BCUT2D eigenvalue weighted by Crippen LogP contribution is -2.28. The third-order valence-corrected chi connectivity index (χ3v) is 5.63. The van der Waals surface area contributed by atoms with Gasteiger partial charge in [0.15, 0.2) is 5.82 Å². The number of nitrogens with one attached hydrogen (secondary N) is 1. The van der Waals surface area contributed by atoms with E-state index in [1.807, 2.05) is 0 Å². The van der Waals surface area contributed by atoms with Crippen LogP contribution in [0.4, 0.5) is 27.8 Å². The molecular weight excluding hydrogens is 443 g/mol. The Balaban J connectivity index is 1.36. The molecule has 0 spiro atoms. The first kappa shape index (κ1) is 22.5. The Labute approximate surface area is 185 Å². The van der Waals surface area contributed by atoms with Crippen molar-refractivity contribution in [1.29, 1.82) is 5.26 Å². The van der Waals surface area contributed by atoms with E-state index < -0.39 is 34.7 Å². The van der Waals surface area contributed by atoms with Gasteiger partial charge in [-0.25, -0.2) is 8.78 Å². The van der Waals surface area contributed by atoms with Gasteiger partial charge < -0.3 is 5.32 Å². The fourth-order valence-electron chi connectivity index (χ4n) is 3.70. The molecule has 2 aromatic carbocycles. The molecule has 0 saturated heterocycles. The van der Waals surface area contributed by atoms with Crippen LogP contribution in [-0.2, 0) is 23.2 Å². The van der Waals surface area contributed by atoms with Crippen molar-refractivity contribution in [3.8, 4) is 6.07 Å². The Morgan fingerprint density at radius 1 is 1.09 bits per heavy atom. The van der Waals surface area contributed by atoms with Crippen molar-refractivity contribution in [3.63, 3.8) is 0 Å². The minimum Gasteiger partial charge on any atom is -0.309 e. The zero-order valence-corrected chi connectivity index (χ0v) is 17.1. The fourth-order valence-corrected chi connectivity index (χ4v) is 3.70. The van der Waals surface area contributed by atoms with E-state index >= 15 is 0 Å². The highest BCUT2D eigenvalue weighted by molar-refractivity contribution is 5.91. The summed E-state index contributed by atoms with van der Waals surface area (Å²) in [5, 5.41) is 15.4. The molecule has 1 aliphatic rings. The number of nitrogens with zero attached hydrogens (tertiary/aromatic N) is 3. The van der Waals surface area contributed by atoms with E-state index in [2.05, 4.69) is 10.4 Å². The first-order chi connectivity index (χ1) is 15.6. The van der Waals surface area contributed by atoms with E-state index in [1.54, 1.807) is 0 Å². The molecule has 10 heteroatoms. The highest BCUT2D eigenvalue weighted by atomic mass is 19.4. The van der Waals surface area contributed by atoms with Crippen LogP contribution in [0.15, 0.2) is 48.7 Å². The topological polar surface area (TPSA) is 70.7 Å². The van der Waals surface area contributed by atoms with Crippen molar-refractivity contribution >= 4 is 11.7 Å². The normalized spacial score (nSPS) is 14.5. The smallest absolute Gasteiger partial charge is 0.309 e. The zero-order chi connectivity index (χ0) is 23.8. The monoisotopic (exact) mass is 460 g/mol. The number of rotatable bonds is 6. The van der Waals surface area contributed by atoms with E-state index in [0.29, 0.717) is 5.56 Å². The van der Waals surface area contributed by atoms with Gasteiger partial charge in [0.25, 0.3) is 0 Å².